The molecule has 0 bridgehead atoms. The SMILES string of the molecule is O=C(NNC(=S)NC(=O)c1ccccc1[N+](=O)[O-])c1ccc([N+](=O)[O-])cc1. The van der Waals surface area contributed by atoms with E-state index < -0.39 is 27.3 Å². The Labute approximate surface area is 156 Å². The number of hydrogen-bond donors (Lipinski definition) is 3. The second-order valence-corrected chi connectivity index (χ2v) is 5.35. The molecule has 0 aliphatic heterocycles. The number of carbonyl (C=O) groups excluding carboxylic acids is 2. The van der Waals surface area contributed by atoms with E-state index in [9.17, 15) is 29.8 Å². The van der Waals surface area contributed by atoms with Crippen LogP contribution in [-0.2, 0) is 0 Å². The van der Waals surface area contributed by atoms with Crippen molar-refractivity contribution in [3.05, 3.63) is 79.9 Å². The van der Waals surface area contributed by atoms with Gasteiger partial charge >= 0.3 is 0 Å². The maximum atomic E-state index is 12.1. The van der Waals surface area contributed by atoms with Crippen LogP contribution < -0.4 is 16.2 Å². The van der Waals surface area contributed by atoms with Gasteiger partial charge in [0.1, 0.15) is 5.56 Å². The Bertz CT molecular complexity index is 931. The van der Waals surface area contributed by atoms with Crippen molar-refractivity contribution in [3.63, 3.8) is 0 Å². The van der Waals surface area contributed by atoms with E-state index in [-0.39, 0.29) is 21.9 Å². The molecule has 0 heterocycles. The first kappa shape index (κ1) is 19.4. The molecule has 2 aromatic rings. The van der Waals surface area contributed by atoms with Crippen LogP contribution in [0.4, 0.5) is 11.4 Å². The van der Waals surface area contributed by atoms with E-state index in [1.807, 2.05) is 0 Å². The third kappa shape index (κ3) is 5.02. The highest BCUT2D eigenvalue weighted by atomic mass is 32.1. The van der Waals surface area contributed by atoms with Gasteiger partial charge in [-0.15, -0.1) is 0 Å². The normalized spacial score (nSPS) is 9.78. The first-order valence-electron chi connectivity index (χ1n) is 7.19. The smallest absolute Gasteiger partial charge is 0.282 e. The Hall–Kier alpha value is -3.93. The van der Waals surface area contributed by atoms with Crippen LogP contribution >= 0.6 is 12.2 Å². The maximum Gasteiger partial charge on any atom is 0.282 e. The molecule has 138 valence electrons. The molecule has 12 heteroatoms. The molecule has 2 aromatic carbocycles. The summed E-state index contributed by atoms with van der Waals surface area (Å²) in [7, 11) is 0. The van der Waals surface area contributed by atoms with Crippen LogP contribution in [0.15, 0.2) is 48.5 Å². The molecule has 11 nitrogen and oxygen atoms in total. The summed E-state index contributed by atoms with van der Waals surface area (Å²) in [5.41, 5.74) is 3.80. The highest BCUT2D eigenvalue weighted by Crippen LogP contribution is 2.17. The summed E-state index contributed by atoms with van der Waals surface area (Å²) in [6.45, 7) is 0. The van der Waals surface area contributed by atoms with Crippen LogP contribution in [0.5, 0.6) is 0 Å². The zero-order valence-electron chi connectivity index (χ0n) is 13.4. The van der Waals surface area contributed by atoms with E-state index in [0.29, 0.717) is 0 Å². The number of rotatable bonds is 4. The summed E-state index contributed by atoms with van der Waals surface area (Å²) in [6.07, 6.45) is 0. The molecule has 3 N–H and O–H groups in total. The van der Waals surface area contributed by atoms with Gasteiger partial charge in [0.05, 0.1) is 9.85 Å². The Morgan fingerprint density at radius 2 is 1.48 bits per heavy atom. The fraction of sp³-hybridized carbons (Fsp3) is 0. The van der Waals surface area contributed by atoms with Crippen molar-refractivity contribution >= 4 is 40.5 Å². The number of thiocarbonyl (C=S) groups is 1. The van der Waals surface area contributed by atoms with Crippen molar-refractivity contribution in [1.82, 2.24) is 16.2 Å². The van der Waals surface area contributed by atoms with E-state index in [1.165, 1.54) is 36.4 Å². The van der Waals surface area contributed by atoms with Gasteiger partial charge in [-0.2, -0.15) is 0 Å². The molecule has 0 fully saturated rings. The second kappa shape index (κ2) is 8.44. The van der Waals surface area contributed by atoms with Crippen molar-refractivity contribution in [2.45, 2.75) is 0 Å². The molecule has 0 atom stereocenters. The van der Waals surface area contributed by atoms with Gasteiger partial charge in [0.15, 0.2) is 5.11 Å². The van der Waals surface area contributed by atoms with E-state index >= 15 is 0 Å². The van der Waals surface area contributed by atoms with Gasteiger partial charge in [-0.05, 0) is 30.4 Å². The van der Waals surface area contributed by atoms with E-state index in [1.54, 1.807) is 0 Å². The summed E-state index contributed by atoms with van der Waals surface area (Å²) in [5.74, 6) is -1.49. The first-order valence-corrected chi connectivity index (χ1v) is 7.60. The second-order valence-electron chi connectivity index (χ2n) is 4.94. The molecular formula is C15H11N5O6S. The first-order chi connectivity index (χ1) is 12.8. The lowest BCUT2D eigenvalue weighted by Gasteiger charge is -2.11. The monoisotopic (exact) mass is 389 g/mol. The van der Waals surface area contributed by atoms with Gasteiger partial charge < -0.3 is 0 Å². The van der Waals surface area contributed by atoms with Crippen molar-refractivity contribution < 1.29 is 19.4 Å². The predicted molar refractivity (Wildman–Crippen MR) is 96.9 cm³/mol. The van der Waals surface area contributed by atoms with Crippen LogP contribution in [0.2, 0.25) is 0 Å². The van der Waals surface area contributed by atoms with E-state index in [2.05, 4.69) is 16.2 Å². The number of carbonyl (C=O) groups is 2. The zero-order valence-corrected chi connectivity index (χ0v) is 14.2. The molecule has 0 radical (unpaired) electrons. The van der Waals surface area contributed by atoms with Crippen molar-refractivity contribution in [2.24, 2.45) is 0 Å². The quantitative estimate of drug-likeness (QED) is 0.403. The molecule has 2 rings (SSSR count). The highest BCUT2D eigenvalue weighted by Gasteiger charge is 2.20. The fourth-order valence-corrected chi connectivity index (χ4v) is 2.09. The lowest BCUT2D eigenvalue weighted by molar-refractivity contribution is -0.385. The van der Waals surface area contributed by atoms with E-state index in [4.69, 9.17) is 12.2 Å². The van der Waals surface area contributed by atoms with Crippen LogP contribution in [0.25, 0.3) is 0 Å². The van der Waals surface area contributed by atoms with Gasteiger partial charge in [-0.3, -0.25) is 46.0 Å². The summed E-state index contributed by atoms with van der Waals surface area (Å²) in [5, 5.41) is 23.4. The van der Waals surface area contributed by atoms with E-state index in [0.717, 1.165) is 12.1 Å². The molecule has 27 heavy (non-hydrogen) atoms. The Morgan fingerprint density at radius 1 is 0.852 bits per heavy atom. The number of hydrazine groups is 1. The number of nitro benzene ring substituents is 2. The molecule has 0 saturated heterocycles. The minimum absolute atomic E-state index is 0.112. The number of nitrogens with zero attached hydrogens (tertiary/aromatic N) is 2. The van der Waals surface area contributed by atoms with Gasteiger partial charge in [-0.25, -0.2) is 0 Å². The number of benzene rings is 2. The summed E-state index contributed by atoms with van der Waals surface area (Å²) in [4.78, 5) is 44.2. The third-order valence-corrected chi connectivity index (χ3v) is 3.41. The molecule has 0 aromatic heterocycles. The van der Waals surface area contributed by atoms with Gasteiger partial charge in [0.25, 0.3) is 23.2 Å². The molecule has 2 amide bonds. The predicted octanol–water partition coefficient (Wildman–Crippen LogP) is 1.45. The van der Waals surface area contributed by atoms with Crippen LogP contribution in [0, 0.1) is 20.2 Å². The summed E-state index contributed by atoms with van der Waals surface area (Å²) in [6, 6.07) is 10.1. The lowest BCUT2D eigenvalue weighted by atomic mass is 10.1. The molecule has 0 aliphatic carbocycles. The standard InChI is InChI=1S/C15H11N5O6S/c21-13(9-5-7-10(8-6-9)19(23)24)17-18-15(27)16-14(22)11-3-1-2-4-12(11)20(25)26/h1-8H,(H,17,21)(H2,16,18,22,27). The Balaban J connectivity index is 1.94. The fourth-order valence-electron chi connectivity index (χ4n) is 1.95. The van der Waals surface area contributed by atoms with Crippen molar-refractivity contribution in [3.8, 4) is 0 Å². The Morgan fingerprint density at radius 3 is 2.07 bits per heavy atom. The molecule has 0 saturated carbocycles. The number of nitrogens with one attached hydrogen (secondary N) is 3. The average molecular weight is 389 g/mol. The number of amides is 2. The topological polar surface area (TPSA) is 157 Å². The largest absolute Gasteiger partial charge is 0.297 e. The number of hydrogen-bond acceptors (Lipinski definition) is 7. The number of nitro groups is 2. The van der Waals surface area contributed by atoms with Crippen molar-refractivity contribution in [2.75, 3.05) is 0 Å². The van der Waals surface area contributed by atoms with Crippen molar-refractivity contribution in [1.29, 1.82) is 0 Å². The van der Waals surface area contributed by atoms with Gasteiger partial charge in [-0.1, -0.05) is 12.1 Å². The van der Waals surface area contributed by atoms with Crippen LogP contribution in [0.3, 0.4) is 0 Å². The van der Waals surface area contributed by atoms with Gasteiger partial charge in [0, 0.05) is 23.8 Å². The van der Waals surface area contributed by atoms with Gasteiger partial charge in [0.2, 0.25) is 0 Å². The molecule has 0 spiro atoms. The lowest BCUT2D eigenvalue weighted by Crippen LogP contribution is -2.48. The zero-order chi connectivity index (χ0) is 20.0. The number of non-ortho nitro benzene ring substituents is 1. The van der Waals surface area contributed by atoms with Crippen LogP contribution in [-0.4, -0.2) is 26.8 Å². The molecular weight excluding hydrogens is 378 g/mol. The summed E-state index contributed by atoms with van der Waals surface area (Å²) < 4.78 is 0. The third-order valence-electron chi connectivity index (χ3n) is 3.20. The Kier molecular flexibility index (Phi) is 6.06. The number of para-hydroxylation sites is 1. The minimum Gasteiger partial charge on any atom is -0.297 e. The molecule has 0 unspecified atom stereocenters. The average Bonchev–Trinajstić information content (AvgIpc) is 2.66. The maximum absolute atomic E-state index is 12.1. The summed E-state index contributed by atoms with van der Waals surface area (Å²) >= 11 is 4.85. The molecule has 0 aliphatic rings. The van der Waals surface area contributed by atoms with Crippen LogP contribution in [0.1, 0.15) is 20.7 Å². The minimum atomic E-state index is -0.829. The highest BCUT2D eigenvalue weighted by molar-refractivity contribution is 7.80.